The summed E-state index contributed by atoms with van der Waals surface area (Å²) in [5, 5.41) is 38.9. The van der Waals surface area contributed by atoms with E-state index in [2.05, 4.69) is 133 Å². The van der Waals surface area contributed by atoms with Gasteiger partial charge in [0.05, 0.1) is 46.0 Å². The lowest BCUT2D eigenvalue weighted by molar-refractivity contribution is -0.385. The summed E-state index contributed by atoms with van der Waals surface area (Å²) < 4.78 is 45.7. The molecule has 7 aromatic rings. The van der Waals surface area contributed by atoms with E-state index in [1.807, 2.05) is 87.5 Å². The maximum Gasteiger partial charge on any atom is 0.407 e. The minimum atomic E-state index is -3.81. The molecular weight excluding hydrogens is 1190 g/mol. The smallest absolute Gasteiger partial charge is 0.407 e. The van der Waals surface area contributed by atoms with Crippen molar-refractivity contribution >= 4 is 27.5 Å². The third-order valence-corrected chi connectivity index (χ3v) is 18.4. The van der Waals surface area contributed by atoms with Gasteiger partial charge in [0.25, 0.3) is 11.4 Å². The summed E-state index contributed by atoms with van der Waals surface area (Å²) in [4.78, 5) is 38.2. The average Bonchev–Trinajstić information content (AvgIpc) is 1.27. The van der Waals surface area contributed by atoms with Crippen LogP contribution in [0.2, 0.25) is 0 Å². The van der Waals surface area contributed by atoms with Crippen LogP contribution in [0.15, 0.2) is 205 Å². The SMILES string of the molecule is CC(C)(CCN(Cc1ccccc1)Cc1ccccc1)CNC[C@@H](O)[C@H](Cc1ccccc1)NC(=O)O[C@H]1CO[C@H]2OCC[C@H]21.CC(C)CN(CC(C)(C)CCN(Cc1ccccc1)Cc1ccccc1)S(=O)(=O)c1ccc([N+](=O)[O-])cc1.Cc1ccc([N+](=O)[O-])cc1. The third kappa shape index (κ3) is 24.9. The van der Waals surface area contributed by atoms with Gasteiger partial charge in [-0.3, -0.25) is 30.0 Å². The van der Waals surface area contributed by atoms with Crippen LogP contribution in [0.25, 0.3) is 0 Å². The largest absolute Gasteiger partial charge is 0.443 e. The molecule has 7 aromatic carbocycles. The Balaban J connectivity index is 0.000000231. The summed E-state index contributed by atoms with van der Waals surface area (Å²) in [6, 6.07) is 62.9. The molecule has 0 bridgehead atoms. The molecule has 93 heavy (non-hydrogen) atoms. The van der Waals surface area contributed by atoms with Gasteiger partial charge in [-0.15, -0.1) is 0 Å². The quantitative estimate of drug-likeness (QED) is 0.0272. The van der Waals surface area contributed by atoms with Gasteiger partial charge in [0.1, 0.15) is 6.10 Å². The van der Waals surface area contributed by atoms with Crippen LogP contribution in [-0.2, 0) is 56.8 Å². The van der Waals surface area contributed by atoms with Gasteiger partial charge in [-0.1, -0.05) is 211 Å². The number of aliphatic hydroxyl groups is 1. The maximum absolute atomic E-state index is 13.6. The number of ether oxygens (including phenoxy) is 3. The first-order chi connectivity index (χ1) is 44.5. The number of non-ortho nitro benzene ring substituents is 2. The first kappa shape index (κ1) is 72.7. The lowest BCUT2D eigenvalue weighted by Gasteiger charge is -2.35. The second-order valence-electron chi connectivity index (χ2n) is 26.3. The molecule has 3 N–H and O–H groups in total. The monoisotopic (exact) mass is 1290 g/mol. The molecule has 0 aliphatic carbocycles. The highest BCUT2D eigenvalue weighted by Crippen LogP contribution is 2.34. The second-order valence-corrected chi connectivity index (χ2v) is 28.3. The molecule has 2 fully saturated rings. The average molecular weight is 1290 g/mol. The number of hydrogen-bond acceptors (Lipinski definition) is 14. The first-order valence-electron chi connectivity index (χ1n) is 32.2. The van der Waals surface area contributed by atoms with Gasteiger partial charge in [0.15, 0.2) is 6.29 Å². The number of fused-ring (bicyclic) bond motifs is 1. The summed E-state index contributed by atoms with van der Waals surface area (Å²) in [6.45, 7) is 22.5. The predicted octanol–water partition coefficient (Wildman–Crippen LogP) is 13.4. The van der Waals surface area contributed by atoms with Gasteiger partial charge in [-0.05, 0) is 102 Å². The number of nitrogens with zero attached hydrogens (tertiary/aromatic N) is 5. The molecule has 2 aliphatic rings. The van der Waals surface area contributed by atoms with Crippen molar-refractivity contribution in [3.63, 3.8) is 0 Å². The van der Waals surface area contributed by atoms with E-state index in [9.17, 15) is 38.5 Å². The first-order valence-corrected chi connectivity index (χ1v) is 33.6. The van der Waals surface area contributed by atoms with Crippen molar-refractivity contribution in [1.82, 2.24) is 24.7 Å². The van der Waals surface area contributed by atoms with Crippen molar-refractivity contribution in [1.29, 1.82) is 0 Å². The van der Waals surface area contributed by atoms with Crippen molar-refractivity contribution < 1.29 is 42.4 Å². The Bertz CT molecular complexity index is 3360. The van der Waals surface area contributed by atoms with E-state index >= 15 is 0 Å². The van der Waals surface area contributed by atoms with Crippen molar-refractivity contribution in [2.24, 2.45) is 22.7 Å². The van der Waals surface area contributed by atoms with Crippen LogP contribution < -0.4 is 10.6 Å². The standard InChI is InChI=1S/C37H49N3O5.C30H39N3O4S.C7H7NO2/c1-37(2,19-20-40(24-29-14-8-4-9-15-29)25-30-16-10-5-11-17-30)27-38-23-33(41)32(22-28-12-6-3-7-13-28)39-36(42)45-34-26-44-35-31(34)18-21-43-35;1-25(2)21-32(38(36,37)29-17-15-28(16-18-29)33(34)35)24-30(3,4)19-20-31(22-26-11-7-5-8-12-26)23-27-13-9-6-10-14-27;1-6-2-4-7(5-3-6)8(9)10/h3-17,31-35,38,41H,18-27H2,1-2H3,(H,39,42);5-18,25H,19-24H2,1-4H3;2-5H,1H3/t31-,32-,33+,34-,35+;;/m0../s1. The molecule has 18 nitrogen and oxygen atoms in total. The number of aryl methyl sites for hydroxylation is 1. The van der Waals surface area contributed by atoms with Gasteiger partial charge in [0, 0.05) is 76.6 Å². The molecule has 498 valence electrons. The molecule has 2 saturated heterocycles. The zero-order valence-corrected chi connectivity index (χ0v) is 55.8. The van der Waals surface area contributed by atoms with Crippen LogP contribution in [0.5, 0.6) is 0 Å². The number of carbonyl (C=O) groups is 1. The van der Waals surface area contributed by atoms with E-state index in [0.717, 1.165) is 76.2 Å². The van der Waals surface area contributed by atoms with Crippen LogP contribution >= 0.6 is 0 Å². The molecule has 0 radical (unpaired) electrons. The normalized spacial score (nSPS) is 16.2. The van der Waals surface area contributed by atoms with Crippen LogP contribution in [0.1, 0.15) is 94.2 Å². The number of hydrogen-bond donors (Lipinski definition) is 3. The summed E-state index contributed by atoms with van der Waals surface area (Å²) >= 11 is 0. The van der Waals surface area contributed by atoms with Crippen LogP contribution in [-0.4, -0.2) is 121 Å². The number of benzene rings is 7. The van der Waals surface area contributed by atoms with E-state index in [-0.39, 0.29) is 51.3 Å². The number of nitrogens with one attached hydrogen (secondary N) is 2. The van der Waals surface area contributed by atoms with E-state index in [1.165, 1.54) is 63.0 Å². The van der Waals surface area contributed by atoms with Crippen molar-refractivity contribution in [3.05, 3.63) is 254 Å². The van der Waals surface area contributed by atoms with Crippen LogP contribution in [0.4, 0.5) is 16.2 Å². The maximum atomic E-state index is 13.6. The fraction of sp³-hybridized carbons (Fsp3) is 0.419. The number of carbonyl (C=O) groups excluding carboxylic acids is 1. The van der Waals surface area contributed by atoms with Gasteiger partial charge < -0.3 is 30.0 Å². The molecule has 2 heterocycles. The molecular formula is C74H95N7O11S. The fourth-order valence-electron chi connectivity index (χ4n) is 11.3. The highest BCUT2D eigenvalue weighted by molar-refractivity contribution is 7.89. The van der Waals surface area contributed by atoms with Crippen molar-refractivity contribution in [2.45, 2.75) is 130 Å². The van der Waals surface area contributed by atoms with Gasteiger partial charge >= 0.3 is 6.09 Å². The number of aliphatic hydroxyl groups excluding tert-OH is 1. The molecule has 5 atom stereocenters. The number of nitro benzene ring substituents is 2. The Morgan fingerprint density at radius 3 is 1.51 bits per heavy atom. The number of sulfonamides is 1. The zero-order chi connectivity index (χ0) is 66.8. The van der Waals surface area contributed by atoms with Crippen molar-refractivity contribution in [2.75, 3.05) is 52.5 Å². The van der Waals surface area contributed by atoms with Crippen molar-refractivity contribution in [3.8, 4) is 0 Å². The lowest BCUT2D eigenvalue weighted by Crippen LogP contribution is -2.50. The highest BCUT2D eigenvalue weighted by Gasteiger charge is 2.44. The molecule has 0 aromatic heterocycles. The van der Waals surface area contributed by atoms with Gasteiger partial charge in [-0.25, -0.2) is 13.2 Å². The van der Waals surface area contributed by atoms with Crippen LogP contribution in [0.3, 0.4) is 0 Å². The van der Waals surface area contributed by atoms with Gasteiger partial charge in [0.2, 0.25) is 10.0 Å². The van der Waals surface area contributed by atoms with E-state index in [0.29, 0.717) is 39.3 Å². The Labute approximate surface area is 550 Å². The Kier molecular flexibility index (Phi) is 28.2. The minimum Gasteiger partial charge on any atom is -0.443 e. The zero-order valence-electron chi connectivity index (χ0n) is 55.0. The number of amides is 1. The van der Waals surface area contributed by atoms with Gasteiger partial charge in [-0.2, -0.15) is 4.31 Å². The lowest BCUT2D eigenvalue weighted by atomic mass is 9.88. The molecule has 0 spiro atoms. The fourth-order valence-corrected chi connectivity index (χ4v) is 13.1. The van der Waals surface area contributed by atoms with E-state index < -0.39 is 38.1 Å². The molecule has 0 saturated carbocycles. The molecule has 9 rings (SSSR count). The Morgan fingerprint density at radius 2 is 1.06 bits per heavy atom. The summed E-state index contributed by atoms with van der Waals surface area (Å²) in [5.74, 6) is 0.194. The third-order valence-electron chi connectivity index (χ3n) is 16.6. The van der Waals surface area contributed by atoms with E-state index in [4.69, 9.17) is 14.2 Å². The molecule has 0 unspecified atom stereocenters. The topological polar surface area (TPSA) is 219 Å². The minimum absolute atomic E-state index is 0.00496. The highest BCUT2D eigenvalue weighted by atomic mass is 32.2. The molecule has 19 heteroatoms. The van der Waals surface area contributed by atoms with Crippen LogP contribution in [0, 0.1) is 49.8 Å². The number of rotatable bonds is 31. The Morgan fingerprint density at radius 1 is 0.634 bits per heavy atom. The summed E-state index contributed by atoms with van der Waals surface area (Å²) in [5.41, 5.74) is 6.87. The summed E-state index contributed by atoms with van der Waals surface area (Å²) in [7, 11) is -3.81. The second kappa shape index (κ2) is 36.1. The number of nitro groups is 2. The number of alkyl carbamates (subject to hydrolysis) is 1. The predicted molar refractivity (Wildman–Crippen MR) is 365 cm³/mol. The summed E-state index contributed by atoms with van der Waals surface area (Å²) in [6.07, 6.45) is 1.14. The molecule has 2 aliphatic heterocycles. The van der Waals surface area contributed by atoms with E-state index in [1.54, 1.807) is 12.1 Å². The molecule has 1 amide bonds. The Hall–Kier alpha value is -7.72.